The van der Waals surface area contributed by atoms with Crippen molar-refractivity contribution in [2.45, 2.75) is 37.3 Å². The molecule has 2 aromatic carbocycles. The quantitative estimate of drug-likeness (QED) is 0.273. The highest BCUT2D eigenvalue weighted by atomic mass is 79.9. The van der Waals surface area contributed by atoms with Crippen molar-refractivity contribution in [3.63, 3.8) is 0 Å². The van der Waals surface area contributed by atoms with Crippen LogP contribution in [0, 0.1) is 0 Å². The molecular weight excluding hydrogens is 500 g/mol. The minimum atomic E-state index is -1.85. The lowest BCUT2D eigenvalue weighted by Gasteiger charge is -2.37. The molecule has 0 spiro atoms. The molecule has 5 rings (SSSR count). The predicted octanol–water partition coefficient (Wildman–Crippen LogP) is 8.53. The molecule has 0 heterocycles. The molecule has 146 valence electrons. The van der Waals surface area contributed by atoms with E-state index < -0.39 is 8.07 Å². The van der Waals surface area contributed by atoms with E-state index in [4.69, 9.17) is 0 Å². The van der Waals surface area contributed by atoms with E-state index in [9.17, 15) is 0 Å². The molecule has 3 heteroatoms. The number of halogens is 2. The Bertz CT molecular complexity index is 1180. The molecule has 0 aliphatic heterocycles. The molecule has 2 unspecified atom stereocenters. The molecule has 0 nitrogen and oxygen atoms in total. The Balaban J connectivity index is 1.66. The molecule has 0 bridgehead atoms. The van der Waals surface area contributed by atoms with Gasteiger partial charge in [0.2, 0.25) is 0 Å². The first kappa shape index (κ1) is 19.5. The molecular formula is C26H24Br2Si. The van der Waals surface area contributed by atoms with Gasteiger partial charge in [-0.05, 0) is 64.6 Å². The van der Waals surface area contributed by atoms with E-state index in [0.717, 1.165) is 0 Å². The topological polar surface area (TPSA) is 0 Å². The van der Waals surface area contributed by atoms with Crippen LogP contribution in [0.5, 0.6) is 0 Å². The van der Waals surface area contributed by atoms with Crippen molar-refractivity contribution in [1.82, 2.24) is 0 Å². The summed E-state index contributed by atoms with van der Waals surface area (Å²) in [6.45, 7) is 9.76. The van der Waals surface area contributed by atoms with Crippen molar-refractivity contribution < 1.29 is 0 Å². The van der Waals surface area contributed by atoms with Crippen LogP contribution in [0.1, 0.15) is 46.5 Å². The number of hydrogen-bond donors (Lipinski definition) is 0. The van der Waals surface area contributed by atoms with E-state index in [1.54, 1.807) is 5.20 Å². The third kappa shape index (κ3) is 2.81. The Morgan fingerprint density at radius 3 is 2.38 bits per heavy atom. The summed E-state index contributed by atoms with van der Waals surface area (Å²) in [5.74, 6) is 0. The Labute approximate surface area is 191 Å². The zero-order valence-corrected chi connectivity index (χ0v) is 21.4. The maximum Gasteiger partial charge on any atom is 0.0934 e. The van der Waals surface area contributed by atoms with Gasteiger partial charge in [0.05, 0.1) is 12.9 Å². The number of hydrogen-bond acceptors (Lipinski definition) is 0. The Morgan fingerprint density at radius 2 is 1.59 bits per heavy atom. The number of allylic oxidation sites excluding steroid dienone is 6. The standard InChI is InChI=1S/C26H24Br2Si/c1-15-12-20-19(10-7-11-23(20)27)25(15)29(3,4)26-16(2)13-21-22(26)14-17-8-5-6-9-18(17)24(21)28/h5-14,24-25H,1-4H3. The van der Waals surface area contributed by atoms with E-state index in [2.05, 4.69) is 119 Å². The van der Waals surface area contributed by atoms with E-state index in [-0.39, 0.29) is 4.83 Å². The largest absolute Gasteiger partial charge is 0.0934 e. The lowest BCUT2D eigenvalue weighted by molar-refractivity contribution is 1.07. The Morgan fingerprint density at radius 1 is 0.862 bits per heavy atom. The zero-order chi connectivity index (χ0) is 20.5. The highest BCUT2D eigenvalue weighted by Crippen LogP contribution is 2.55. The van der Waals surface area contributed by atoms with E-state index >= 15 is 0 Å². The fourth-order valence-electron chi connectivity index (χ4n) is 5.77. The average molecular weight is 524 g/mol. The van der Waals surface area contributed by atoms with Crippen LogP contribution in [0.15, 0.2) is 80.5 Å². The van der Waals surface area contributed by atoms with Crippen LogP contribution in [0.4, 0.5) is 0 Å². The SMILES string of the molecule is CC1=Cc2c(Br)cccc2C1[Si](C)(C)C1=C(C)C=C2C1=Cc1ccccc1C2Br. The van der Waals surface area contributed by atoms with Crippen LogP contribution < -0.4 is 0 Å². The molecule has 29 heavy (non-hydrogen) atoms. The van der Waals surface area contributed by atoms with Crippen molar-refractivity contribution in [2.75, 3.05) is 0 Å². The fourth-order valence-corrected chi connectivity index (χ4v) is 11.6. The van der Waals surface area contributed by atoms with Gasteiger partial charge in [-0.1, -0.05) is 105 Å². The van der Waals surface area contributed by atoms with E-state index in [0.29, 0.717) is 5.54 Å². The first-order chi connectivity index (χ1) is 13.8. The maximum atomic E-state index is 4.01. The Kier molecular flexibility index (Phi) is 4.58. The second-order valence-electron chi connectivity index (χ2n) is 8.99. The molecule has 3 aliphatic carbocycles. The van der Waals surface area contributed by atoms with E-state index in [1.807, 2.05) is 0 Å². The van der Waals surface area contributed by atoms with Crippen molar-refractivity contribution in [3.8, 4) is 0 Å². The number of alkyl halides is 1. The molecule has 0 amide bonds. The third-order valence-electron chi connectivity index (χ3n) is 6.78. The first-order valence-corrected chi connectivity index (χ1v) is 14.9. The minimum absolute atomic E-state index is 0.276. The normalized spacial score (nSPS) is 22.6. The van der Waals surface area contributed by atoms with Crippen molar-refractivity contribution in [1.29, 1.82) is 0 Å². The lowest BCUT2D eigenvalue weighted by Crippen LogP contribution is -2.39. The number of fused-ring (bicyclic) bond motifs is 3. The molecule has 2 aromatic rings. The maximum absolute atomic E-state index is 4.01. The van der Waals surface area contributed by atoms with Gasteiger partial charge in [0, 0.05) is 10.0 Å². The summed E-state index contributed by atoms with van der Waals surface area (Å²) in [5, 5.41) is 1.62. The molecule has 2 atom stereocenters. The number of rotatable bonds is 2. The van der Waals surface area contributed by atoms with E-state index in [1.165, 1.54) is 49.0 Å². The third-order valence-corrected chi connectivity index (χ3v) is 12.6. The molecule has 0 aromatic heterocycles. The second-order valence-corrected chi connectivity index (χ2v) is 15.3. The van der Waals surface area contributed by atoms with Crippen LogP contribution in [0.2, 0.25) is 13.1 Å². The molecule has 0 saturated heterocycles. The van der Waals surface area contributed by atoms with Gasteiger partial charge in [-0.2, -0.15) is 0 Å². The van der Waals surface area contributed by atoms with Crippen LogP contribution in [0.25, 0.3) is 12.2 Å². The predicted molar refractivity (Wildman–Crippen MR) is 135 cm³/mol. The van der Waals surface area contributed by atoms with Crippen molar-refractivity contribution in [2.24, 2.45) is 0 Å². The molecule has 0 saturated carbocycles. The smallest absolute Gasteiger partial charge is 0.0786 e. The fraction of sp³-hybridized carbons (Fsp3) is 0.231. The van der Waals surface area contributed by atoms with Crippen LogP contribution in [-0.4, -0.2) is 8.07 Å². The van der Waals surface area contributed by atoms with Gasteiger partial charge < -0.3 is 0 Å². The van der Waals surface area contributed by atoms with Gasteiger partial charge >= 0.3 is 0 Å². The minimum Gasteiger partial charge on any atom is -0.0786 e. The molecule has 0 fully saturated rings. The van der Waals surface area contributed by atoms with Gasteiger partial charge in [0.15, 0.2) is 0 Å². The van der Waals surface area contributed by atoms with Crippen LogP contribution in [-0.2, 0) is 0 Å². The van der Waals surface area contributed by atoms with Crippen LogP contribution in [0.3, 0.4) is 0 Å². The second kappa shape index (κ2) is 6.80. The molecule has 3 aliphatic rings. The van der Waals surface area contributed by atoms with Crippen LogP contribution >= 0.6 is 31.9 Å². The Hall–Kier alpha value is -1.42. The summed E-state index contributed by atoms with van der Waals surface area (Å²) in [4.78, 5) is 0.276. The number of benzene rings is 2. The summed E-state index contributed by atoms with van der Waals surface area (Å²) in [6, 6.07) is 15.5. The van der Waals surface area contributed by atoms with Gasteiger partial charge in [0.25, 0.3) is 0 Å². The lowest BCUT2D eigenvalue weighted by atomic mass is 9.89. The van der Waals surface area contributed by atoms with Crippen molar-refractivity contribution >= 4 is 52.1 Å². The van der Waals surface area contributed by atoms with Gasteiger partial charge in [-0.15, -0.1) is 0 Å². The highest BCUT2D eigenvalue weighted by Gasteiger charge is 2.45. The van der Waals surface area contributed by atoms with Gasteiger partial charge in [0.1, 0.15) is 0 Å². The van der Waals surface area contributed by atoms with Gasteiger partial charge in [-0.25, -0.2) is 0 Å². The summed E-state index contributed by atoms with van der Waals surface area (Å²) < 4.78 is 1.21. The zero-order valence-electron chi connectivity index (χ0n) is 17.2. The molecule has 0 N–H and O–H groups in total. The van der Waals surface area contributed by atoms with Crippen molar-refractivity contribution in [3.05, 3.63) is 103 Å². The monoisotopic (exact) mass is 522 g/mol. The summed E-state index contributed by atoms with van der Waals surface area (Å²) in [5.41, 5.74) is 12.0. The highest BCUT2D eigenvalue weighted by molar-refractivity contribution is 9.10. The van der Waals surface area contributed by atoms with Gasteiger partial charge in [-0.3, -0.25) is 0 Å². The summed E-state index contributed by atoms with van der Waals surface area (Å²) >= 11 is 7.79. The first-order valence-electron chi connectivity index (χ1n) is 10.2. The average Bonchev–Trinajstić information content (AvgIpc) is 3.20. The summed E-state index contributed by atoms with van der Waals surface area (Å²) in [6.07, 6.45) is 7.27. The molecule has 0 radical (unpaired) electrons. The summed E-state index contributed by atoms with van der Waals surface area (Å²) in [7, 11) is -1.85.